The standard InChI is InChI=1S/C13H19N3O3/c1-9(17)10-7-15-5-6-16(8-11(15)14-10)12(18)19-13(2,3)4/h7H,5-6,8H2,1-4H3. The highest BCUT2D eigenvalue weighted by Crippen LogP contribution is 2.16. The number of amides is 1. The number of hydrogen-bond acceptors (Lipinski definition) is 4. The van der Waals surface area contributed by atoms with E-state index in [0.717, 1.165) is 5.82 Å². The summed E-state index contributed by atoms with van der Waals surface area (Å²) in [5, 5.41) is 0. The Hall–Kier alpha value is -1.85. The van der Waals surface area contributed by atoms with Gasteiger partial charge in [0.15, 0.2) is 5.78 Å². The molecule has 2 rings (SSSR count). The Kier molecular flexibility index (Phi) is 3.34. The third-order valence-corrected chi connectivity index (χ3v) is 2.81. The van der Waals surface area contributed by atoms with Crippen LogP contribution >= 0.6 is 0 Å². The minimum Gasteiger partial charge on any atom is -0.444 e. The Morgan fingerprint density at radius 1 is 1.32 bits per heavy atom. The molecule has 1 aromatic heterocycles. The summed E-state index contributed by atoms with van der Waals surface area (Å²) in [6.45, 7) is 8.57. The van der Waals surface area contributed by atoms with Crippen LogP contribution in [-0.4, -0.2) is 38.5 Å². The lowest BCUT2D eigenvalue weighted by Gasteiger charge is -2.30. The second kappa shape index (κ2) is 4.68. The SMILES string of the molecule is CC(=O)c1cn2c(n1)CN(C(=O)OC(C)(C)C)CC2. The van der Waals surface area contributed by atoms with E-state index in [9.17, 15) is 9.59 Å². The lowest BCUT2D eigenvalue weighted by Crippen LogP contribution is -2.41. The average Bonchev–Trinajstić information content (AvgIpc) is 2.69. The zero-order chi connectivity index (χ0) is 14.2. The van der Waals surface area contributed by atoms with Crippen LogP contribution in [0.5, 0.6) is 0 Å². The largest absolute Gasteiger partial charge is 0.444 e. The van der Waals surface area contributed by atoms with Crippen LogP contribution in [0.25, 0.3) is 0 Å². The van der Waals surface area contributed by atoms with E-state index in [-0.39, 0.29) is 11.9 Å². The first-order valence-corrected chi connectivity index (χ1v) is 6.31. The molecule has 0 bridgehead atoms. The molecular formula is C13H19N3O3. The van der Waals surface area contributed by atoms with Crippen molar-refractivity contribution in [1.82, 2.24) is 14.5 Å². The second-order valence-corrected chi connectivity index (χ2v) is 5.69. The normalized spacial score (nSPS) is 15.1. The molecule has 0 aromatic carbocycles. The van der Waals surface area contributed by atoms with Gasteiger partial charge >= 0.3 is 6.09 Å². The van der Waals surface area contributed by atoms with Crippen molar-refractivity contribution in [3.8, 4) is 0 Å². The van der Waals surface area contributed by atoms with Gasteiger partial charge in [-0.05, 0) is 20.8 Å². The molecule has 0 radical (unpaired) electrons. The third-order valence-electron chi connectivity index (χ3n) is 2.81. The molecule has 0 saturated heterocycles. The van der Waals surface area contributed by atoms with Gasteiger partial charge in [0.05, 0.1) is 6.54 Å². The monoisotopic (exact) mass is 265 g/mol. The van der Waals surface area contributed by atoms with Gasteiger partial charge in [-0.15, -0.1) is 0 Å². The van der Waals surface area contributed by atoms with E-state index >= 15 is 0 Å². The summed E-state index contributed by atoms with van der Waals surface area (Å²) < 4.78 is 7.24. The van der Waals surface area contributed by atoms with Gasteiger partial charge in [0.1, 0.15) is 17.1 Å². The van der Waals surface area contributed by atoms with E-state index in [2.05, 4.69) is 4.98 Å². The Labute approximate surface area is 112 Å². The van der Waals surface area contributed by atoms with Crippen molar-refractivity contribution in [2.45, 2.75) is 46.4 Å². The summed E-state index contributed by atoms with van der Waals surface area (Å²) in [6, 6.07) is 0. The first kappa shape index (κ1) is 13.6. The van der Waals surface area contributed by atoms with E-state index in [1.807, 2.05) is 25.3 Å². The van der Waals surface area contributed by atoms with Gasteiger partial charge in [-0.2, -0.15) is 0 Å². The minimum atomic E-state index is -0.505. The number of nitrogens with zero attached hydrogens (tertiary/aromatic N) is 3. The molecule has 1 aromatic rings. The zero-order valence-corrected chi connectivity index (χ0v) is 11.8. The summed E-state index contributed by atoms with van der Waals surface area (Å²) >= 11 is 0. The number of ether oxygens (including phenoxy) is 1. The van der Waals surface area contributed by atoms with Crippen LogP contribution in [0.2, 0.25) is 0 Å². The first-order chi connectivity index (χ1) is 8.76. The maximum absolute atomic E-state index is 12.0. The number of imidazole rings is 1. The highest BCUT2D eigenvalue weighted by molar-refractivity contribution is 5.91. The number of hydrogen-bond donors (Lipinski definition) is 0. The quantitative estimate of drug-likeness (QED) is 0.727. The molecule has 0 N–H and O–H groups in total. The van der Waals surface area contributed by atoms with Gasteiger partial charge in [0, 0.05) is 26.2 Å². The summed E-state index contributed by atoms with van der Waals surface area (Å²) in [6.07, 6.45) is 1.40. The van der Waals surface area contributed by atoms with Crippen molar-refractivity contribution in [2.75, 3.05) is 6.54 Å². The maximum atomic E-state index is 12.0. The average molecular weight is 265 g/mol. The molecule has 1 aliphatic heterocycles. The van der Waals surface area contributed by atoms with E-state index in [4.69, 9.17) is 4.74 Å². The summed E-state index contributed by atoms with van der Waals surface area (Å²) in [7, 11) is 0. The Balaban J connectivity index is 2.09. The van der Waals surface area contributed by atoms with E-state index in [1.54, 1.807) is 11.1 Å². The zero-order valence-electron chi connectivity index (χ0n) is 11.8. The highest BCUT2D eigenvalue weighted by atomic mass is 16.6. The van der Waals surface area contributed by atoms with Gasteiger partial charge in [0.2, 0.25) is 0 Å². The van der Waals surface area contributed by atoms with Gasteiger partial charge < -0.3 is 9.30 Å². The number of ketones is 1. The fourth-order valence-electron chi connectivity index (χ4n) is 1.90. The molecule has 2 heterocycles. The molecule has 1 amide bonds. The molecule has 0 unspecified atom stereocenters. The lowest BCUT2D eigenvalue weighted by atomic mass is 10.2. The highest BCUT2D eigenvalue weighted by Gasteiger charge is 2.27. The summed E-state index contributed by atoms with van der Waals surface area (Å²) in [4.78, 5) is 29.1. The first-order valence-electron chi connectivity index (χ1n) is 6.31. The molecule has 6 heteroatoms. The molecule has 1 aliphatic rings. The Morgan fingerprint density at radius 3 is 2.58 bits per heavy atom. The summed E-state index contributed by atoms with van der Waals surface area (Å²) in [5.74, 6) is 0.660. The fraction of sp³-hybridized carbons (Fsp3) is 0.615. The number of carbonyl (C=O) groups excluding carboxylic acids is 2. The fourth-order valence-corrected chi connectivity index (χ4v) is 1.90. The molecular weight excluding hydrogens is 246 g/mol. The topological polar surface area (TPSA) is 64.4 Å². The van der Waals surface area contributed by atoms with Crippen LogP contribution < -0.4 is 0 Å². The molecule has 0 atom stereocenters. The van der Waals surface area contributed by atoms with Crippen LogP contribution in [0.3, 0.4) is 0 Å². The number of aromatic nitrogens is 2. The predicted octanol–water partition coefficient (Wildman–Crippen LogP) is 1.84. The van der Waals surface area contributed by atoms with Crippen molar-refractivity contribution < 1.29 is 14.3 Å². The molecule has 0 aliphatic carbocycles. The van der Waals surface area contributed by atoms with Gasteiger partial charge in [-0.3, -0.25) is 9.69 Å². The van der Waals surface area contributed by atoms with Crippen LogP contribution in [0.15, 0.2) is 6.20 Å². The van der Waals surface area contributed by atoms with Crippen molar-refractivity contribution in [1.29, 1.82) is 0 Å². The lowest BCUT2D eigenvalue weighted by molar-refractivity contribution is 0.0195. The van der Waals surface area contributed by atoms with Crippen LogP contribution in [-0.2, 0) is 17.8 Å². The van der Waals surface area contributed by atoms with Crippen molar-refractivity contribution >= 4 is 11.9 Å². The van der Waals surface area contributed by atoms with E-state index < -0.39 is 5.60 Å². The smallest absolute Gasteiger partial charge is 0.410 e. The minimum absolute atomic E-state index is 0.0641. The Bertz CT molecular complexity index is 514. The third kappa shape index (κ3) is 3.13. The molecule has 19 heavy (non-hydrogen) atoms. The van der Waals surface area contributed by atoms with Gasteiger partial charge in [-0.1, -0.05) is 0 Å². The molecule has 104 valence electrons. The number of fused-ring (bicyclic) bond motifs is 1. The van der Waals surface area contributed by atoms with E-state index in [0.29, 0.717) is 25.3 Å². The maximum Gasteiger partial charge on any atom is 0.410 e. The Morgan fingerprint density at radius 2 is 2.00 bits per heavy atom. The van der Waals surface area contributed by atoms with Crippen LogP contribution in [0.4, 0.5) is 4.79 Å². The van der Waals surface area contributed by atoms with Crippen molar-refractivity contribution in [2.24, 2.45) is 0 Å². The van der Waals surface area contributed by atoms with Crippen LogP contribution in [0, 0.1) is 0 Å². The van der Waals surface area contributed by atoms with E-state index in [1.165, 1.54) is 6.92 Å². The number of Topliss-reactive ketones (excluding diaryl/α,β-unsaturated/α-hetero) is 1. The van der Waals surface area contributed by atoms with Crippen LogP contribution in [0.1, 0.15) is 44.0 Å². The summed E-state index contributed by atoms with van der Waals surface area (Å²) in [5.41, 5.74) is -0.0601. The second-order valence-electron chi connectivity index (χ2n) is 5.69. The molecule has 6 nitrogen and oxygen atoms in total. The number of rotatable bonds is 1. The molecule has 0 fully saturated rings. The van der Waals surface area contributed by atoms with Crippen molar-refractivity contribution in [3.63, 3.8) is 0 Å². The molecule has 0 spiro atoms. The molecule has 0 saturated carbocycles. The van der Waals surface area contributed by atoms with Crippen molar-refractivity contribution in [3.05, 3.63) is 17.7 Å². The number of carbonyl (C=O) groups is 2. The van der Waals surface area contributed by atoms with Gasteiger partial charge in [0.25, 0.3) is 0 Å². The predicted molar refractivity (Wildman–Crippen MR) is 68.9 cm³/mol. The van der Waals surface area contributed by atoms with Gasteiger partial charge in [-0.25, -0.2) is 9.78 Å².